The van der Waals surface area contributed by atoms with E-state index >= 15 is 0 Å². The number of benzene rings is 5. The van der Waals surface area contributed by atoms with Crippen molar-refractivity contribution in [3.05, 3.63) is 144 Å². The topological polar surface area (TPSA) is 55.9 Å². The number of hydrogen-bond acceptors (Lipinski definition) is 4. The van der Waals surface area contributed by atoms with Gasteiger partial charge >= 0.3 is 0 Å². The first kappa shape index (κ1) is 38.0. The van der Waals surface area contributed by atoms with E-state index in [9.17, 15) is 9.59 Å². The third-order valence-corrected chi connectivity index (χ3v) is 10.4. The zero-order valence-electron chi connectivity index (χ0n) is 29.2. The molecule has 0 bridgehead atoms. The third kappa shape index (κ3) is 8.82. The lowest BCUT2D eigenvalue weighted by Gasteiger charge is -2.42. The second kappa shape index (κ2) is 17.8. The Morgan fingerprint density at radius 2 is 1.43 bits per heavy atom. The minimum atomic E-state index is -0.135. The highest BCUT2D eigenvalue weighted by molar-refractivity contribution is 6.01. The molecule has 266 valence electrons. The summed E-state index contributed by atoms with van der Waals surface area (Å²) in [4.78, 5) is 34.9. The van der Waals surface area contributed by atoms with Crippen molar-refractivity contribution in [1.82, 2.24) is 20.0 Å². The number of carbonyl (C=O) groups is 2. The van der Waals surface area contributed by atoms with E-state index in [1.54, 1.807) is 0 Å². The summed E-state index contributed by atoms with van der Waals surface area (Å²) in [6, 6.07) is 41.7. The molecule has 2 heterocycles. The maximum absolute atomic E-state index is 14.6. The maximum atomic E-state index is 14.6. The molecule has 1 atom stereocenters. The molecule has 0 saturated carbocycles. The summed E-state index contributed by atoms with van der Waals surface area (Å²) in [5.41, 5.74) is 6.14. The molecule has 1 unspecified atom stereocenters. The van der Waals surface area contributed by atoms with Gasteiger partial charge in [0.25, 0.3) is 5.91 Å². The van der Waals surface area contributed by atoms with E-state index < -0.39 is 0 Å². The number of halogens is 2. The number of piperazine rings is 1. The minimum absolute atomic E-state index is 0. The average molecular weight is 724 g/mol. The molecule has 2 aliphatic rings. The van der Waals surface area contributed by atoms with Crippen LogP contribution in [-0.2, 0) is 17.8 Å². The Labute approximate surface area is 314 Å². The molecule has 2 aliphatic heterocycles. The SMILES string of the molecule is CC(c1cccc(-c2ccccc2C(=O)N2CCNCC2)c1)N(C(=O)Cc1cccc2ccccc12)C1CCN(Cc2ccccc2)CC1.Cl.Cl. The summed E-state index contributed by atoms with van der Waals surface area (Å²) in [6.45, 7) is 8.06. The summed E-state index contributed by atoms with van der Waals surface area (Å²) in [7, 11) is 0. The highest BCUT2D eigenvalue weighted by Gasteiger charge is 2.32. The first-order chi connectivity index (χ1) is 24.0. The van der Waals surface area contributed by atoms with Gasteiger partial charge in [-0.3, -0.25) is 14.5 Å². The molecule has 2 fully saturated rings. The van der Waals surface area contributed by atoms with E-state index in [-0.39, 0.29) is 48.7 Å². The normalized spacial score (nSPS) is 15.7. The van der Waals surface area contributed by atoms with Crippen molar-refractivity contribution in [2.45, 2.75) is 44.8 Å². The van der Waals surface area contributed by atoms with Gasteiger partial charge in [0.2, 0.25) is 5.91 Å². The van der Waals surface area contributed by atoms with E-state index in [0.717, 1.165) is 84.2 Å². The molecule has 6 nitrogen and oxygen atoms in total. The molecule has 0 aromatic heterocycles. The van der Waals surface area contributed by atoms with Crippen LogP contribution in [0.3, 0.4) is 0 Å². The number of amides is 2. The predicted octanol–water partition coefficient (Wildman–Crippen LogP) is 8.19. The van der Waals surface area contributed by atoms with Gasteiger partial charge < -0.3 is 15.1 Å². The van der Waals surface area contributed by atoms with E-state index in [2.05, 4.69) is 113 Å². The van der Waals surface area contributed by atoms with Gasteiger partial charge in [0, 0.05) is 57.4 Å². The summed E-state index contributed by atoms with van der Waals surface area (Å²) in [6.07, 6.45) is 2.22. The van der Waals surface area contributed by atoms with Crippen molar-refractivity contribution >= 4 is 47.4 Å². The van der Waals surface area contributed by atoms with E-state index in [4.69, 9.17) is 0 Å². The van der Waals surface area contributed by atoms with E-state index in [0.29, 0.717) is 19.5 Å². The van der Waals surface area contributed by atoms with Crippen LogP contribution in [0.25, 0.3) is 21.9 Å². The largest absolute Gasteiger partial charge is 0.336 e. The van der Waals surface area contributed by atoms with Crippen LogP contribution in [0.2, 0.25) is 0 Å². The van der Waals surface area contributed by atoms with Crippen molar-refractivity contribution in [2.24, 2.45) is 0 Å². The zero-order chi connectivity index (χ0) is 33.6. The van der Waals surface area contributed by atoms with Crippen molar-refractivity contribution in [3.8, 4) is 11.1 Å². The maximum Gasteiger partial charge on any atom is 0.254 e. The molecule has 0 spiro atoms. The van der Waals surface area contributed by atoms with Gasteiger partial charge in [-0.1, -0.05) is 109 Å². The monoisotopic (exact) mass is 722 g/mol. The molecule has 51 heavy (non-hydrogen) atoms. The lowest BCUT2D eigenvalue weighted by atomic mass is 9.93. The fourth-order valence-corrected chi connectivity index (χ4v) is 7.72. The Balaban J connectivity index is 0.00000252. The minimum Gasteiger partial charge on any atom is -0.336 e. The Kier molecular flexibility index (Phi) is 13.3. The molecular weight excluding hydrogens is 675 g/mol. The molecule has 5 aromatic carbocycles. The van der Waals surface area contributed by atoms with Crippen LogP contribution in [0.15, 0.2) is 121 Å². The van der Waals surface area contributed by atoms with Crippen molar-refractivity contribution in [2.75, 3.05) is 39.3 Å². The number of nitrogens with zero attached hydrogens (tertiary/aromatic N) is 3. The molecule has 8 heteroatoms. The van der Waals surface area contributed by atoms with Crippen LogP contribution in [-0.4, -0.2) is 71.8 Å². The van der Waals surface area contributed by atoms with Gasteiger partial charge in [-0.15, -0.1) is 24.8 Å². The smallest absolute Gasteiger partial charge is 0.254 e. The molecule has 0 aliphatic carbocycles. The highest BCUT2D eigenvalue weighted by atomic mass is 35.5. The zero-order valence-corrected chi connectivity index (χ0v) is 30.9. The van der Waals surface area contributed by atoms with Crippen LogP contribution in [0, 0.1) is 0 Å². The summed E-state index contributed by atoms with van der Waals surface area (Å²) in [5.74, 6) is 0.231. The van der Waals surface area contributed by atoms with Crippen LogP contribution in [0.5, 0.6) is 0 Å². The van der Waals surface area contributed by atoms with Gasteiger partial charge in [0.15, 0.2) is 0 Å². The second-order valence-corrected chi connectivity index (χ2v) is 13.5. The van der Waals surface area contributed by atoms with Gasteiger partial charge in [-0.2, -0.15) is 0 Å². The van der Waals surface area contributed by atoms with Crippen LogP contribution < -0.4 is 5.32 Å². The Morgan fingerprint density at radius 1 is 0.765 bits per heavy atom. The summed E-state index contributed by atoms with van der Waals surface area (Å²) >= 11 is 0. The molecule has 7 rings (SSSR count). The number of rotatable bonds is 9. The number of likely N-dealkylation sites (tertiary alicyclic amines) is 1. The summed E-state index contributed by atoms with van der Waals surface area (Å²) < 4.78 is 0. The number of hydrogen-bond donors (Lipinski definition) is 1. The fraction of sp³-hybridized carbons (Fsp3) is 0.302. The van der Waals surface area contributed by atoms with Gasteiger partial charge in [0.1, 0.15) is 0 Å². The van der Waals surface area contributed by atoms with Gasteiger partial charge in [0.05, 0.1) is 12.5 Å². The molecule has 5 aromatic rings. The van der Waals surface area contributed by atoms with Crippen molar-refractivity contribution < 1.29 is 9.59 Å². The van der Waals surface area contributed by atoms with E-state index in [1.165, 1.54) is 5.56 Å². The van der Waals surface area contributed by atoms with Gasteiger partial charge in [-0.05, 0) is 70.5 Å². The number of piperidine rings is 1. The molecule has 1 N–H and O–H groups in total. The van der Waals surface area contributed by atoms with Crippen LogP contribution >= 0.6 is 24.8 Å². The lowest BCUT2D eigenvalue weighted by Crippen LogP contribution is -2.48. The average Bonchev–Trinajstić information content (AvgIpc) is 3.16. The number of carbonyl (C=O) groups excluding carboxylic acids is 2. The van der Waals surface area contributed by atoms with Crippen LogP contribution in [0.1, 0.15) is 52.9 Å². The molecular formula is C43H48Cl2N4O2. The molecule has 2 saturated heterocycles. The lowest BCUT2D eigenvalue weighted by molar-refractivity contribution is -0.136. The summed E-state index contributed by atoms with van der Waals surface area (Å²) in [5, 5.41) is 5.63. The first-order valence-corrected chi connectivity index (χ1v) is 17.8. The Bertz CT molecular complexity index is 1900. The fourth-order valence-electron chi connectivity index (χ4n) is 7.72. The predicted molar refractivity (Wildman–Crippen MR) is 213 cm³/mol. The molecule has 2 amide bonds. The first-order valence-electron chi connectivity index (χ1n) is 17.8. The van der Waals surface area contributed by atoms with Gasteiger partial charge in [-0.25, -0.2) is 0 Å². The Morgan fingerprint density at radius 3 is 2.22 bits per heavy atom. The third-order valence-electron chi connectivity index (χ3n) is 10.4. The van der Waals surface area contributed by atoms with E-state index in [1.807, 2.05) is 35.2 Å². The van der Waals surface area contributed by atoms with Crippen molar-refractivity contribution in [3.63, 3.8) is 0 Å². The quantitative estimate of drug-likeness (QED) is 0.167. The Hall–Kier alpha value is -4.20. The molecule has 0 radical (unpaired) electrons. The van der Waals surface area contributed by atoms with Crippen LogP contribution in [0.4, 0.5) is 0 Å². The van der Waals surface area contributed by atoms with Crippen molar-refractivity contribution in [1.29, 1.82) is 0 Å². The number of fused-ring (bicyclic) bond motifs is 1. The second-order valence-electron chi connectivity index (χ2n) is 13.5. The highest BCUT2D eigenvalue weighted by Crippen LogP contribution is 2.33. The number of nitrogens with one attached hydrogen (secondary N) is 1. The standard InChI is InChI=1S/C43H46N4O2.2ClH/c1-32(35-15-10-16-36(29-35)40-19-7-8-20-41(40)43(49)46-27-23-44-24-28-46)47(38-21-25-45(26-22-38)31-33-11-3-2-4-12-33)42(48)30-37-17-9-14-34-13-5-6-18-39(34)37;;/h2-20,29,32,38,44H,21-28,30-31H2,1H3;2*1H.